The summed E-state index contributed by atoms with van der Waals surface area (Å²) in [4.78, 5) is 28.3. The van der Waals surface area contributed by atoms with Crippen LogP contribution in [0.4, 0.5) is 5.69 Å². The highest BCUT2D eigenvalue weighted by molar-refractivity contribution is 6.30. The van der Waals surface area contributed by atoms with Crippen molar-refractivity contribution in [3.8, 4) is 5.69 Å². The molecule has 0 N–H and O–H groups in total. The molecule has 0 spiro atoms. The zero-order chi connectivity index (χ0) is 25.4. The minimum absolute atomic E-state index is 0.226. The Morgan fingerprint density at radius 2 is 1.71 bits per heavy atom. The molecule has 0 fully saturated rings. The summed E-state index contributed by atoms with van der Waals surface area (Å²) < 4.78 is 7.43. The predicted octanol–water partition coefficient (Wildman–Crippen LogP) is 6.63. The van der Waals surface area contributed by atoms with Crippen LogP contribution in [0.15, 0.2) is 65.4 Å². The van der Waals surface area contributed by atoms with Crippen LogP contribution in [0.1, 0.15) is 41.9 Å². The standard InChI is InChI=1S/C29H29ClN2O3/c1-7-35-29(34)27-21(6)32(25-12-11-17(2)18(3)13-25)28(33)26(27)15-22-14-19(4)31(20(22)5)24-10-8-9-23(30)16-24/h8-16H,7H2,1-6H3/b26-15-. The first kappa shape index (κ1) is 24.6. The third-order valence-corrected chi connectivity index (χ3v) is 6.70. The number of esters is 1. The van der Waals surface area contributed by atoms with E-state index in [0.29, 0.717) is 21.9 Å². The van der Waals surface area contributed by atoms with E-state index in [1.165, 1.54) is 0 Å². The molecule has 0 atom stereocenters. The summed E-state index contributed by atoms with van der Waals surface area (Å²) in [7, 11) is 0. The van der Waals surface area contributed by atoms with E-state index in [2.05, 4.69) is 4.57 Å². The van der Waals surface area contributed by atoms with E-state index in [-0.39, 0.29) is 12.5 Å². The van der Waals surface area contributed by atoms with Crippen LogP contribution in [0.2, 0.25) is 5.02 Å². The Kier molecular flexibility index (Phi) is 6.73. The van der Waals surface area contributed by atoms with Crippen LogP contribution in [-0.4, -0.2) is 23.1 Å². The summed E-state index contributed by atoms with van der Waals surface area (Å²) in [6.45, 7) is 11.8. The fourth-order valence-corrected chi connectivity index (χ4v) is 4.74. The van der Waals surface area contributed by atoms with Gasteiger partial charge in [-0.3, -0.25) is 9.69 Å². The van der Waals surface area contributed by atoms with E-state index in [9.17, 15) is 9.59 Å². The molecule has 1 amide bonds. The fraction of sp³-hybridized carbons (Fsp3) is 0.241. The molecule has 35 heavy (non-hydrogen) atoms. The first-order valence-electron chi connectivity index (χ1n) is 11.6. The van der Waals surface area contributed by atoms with E-state index in [1.54, 1.807) is 24.8 Å². The molecule has 0 aliphatic carbocycles. The average Bonchev–Trinajstić information content (AvgIpc) is 3.22. The van der Waals surface area contributed by atoms with Crippen molar-refractivity contribution in [2.24, 2.45) is 0 Å². The molecule has 2 heterocycles. The van der Waals surface area contributed by atoms with Gasteiger partial charge in [0.25, 0.3) is 5.91 Å². The van der Waals surface area contributed by atoms with Gasteiger partial charge in [0.05, 0.1) is 17.8 Å². The molecule has 180 valence electrons. The first-order chi connectivity index (χ1) is 16.6. The van der Waals surface area contributed by atoms with Gasteiger partial charge in [0.2, 0.25) is 0 Å². The van der Waals surface area contributed by atoms with Crippen molar-refractivity contribution in [1.82, 2.24) is 4.57 Å². The van der Waals surface area contributed by atoms with Gasteiger partial charge in [0, 0.05) is 33.5 Å². The lowest BCUT2D eigenvalue weighted by atomic mass is 10.0. The van der Waals surface area contributed by atoms with Crippen molar-refractivity contribution in [3.63, 3.8) is 0 Å². The van der Waals surface area contributed by atoms with Crippen LogP contribution in [-0.2, 0) is 14.3 Å². The van der Waals surface area contributed by atoms with Crippen LogP contribution < -0.4 is 4.90 Å². The predicted molar refractivity (Wildman–Crippen MR) is 141 cm³/mol. The third-order valence-electron chi connectivity index (χ3n) is 6.46. The Morgan fingerprint density at radius 1 is 0.971 bits per heavy atom. The largest absolute Gasteiger partial charge is 0.462 e. The number of hydrogen-bond donors (Lipinski definition) is 0. The Hall–Kier alpha value is -3.57. The Bertz CT molecular complexity index is 1410. The Labute approximate surface area is 211 Å². The summed E-state index contributed by atoms with van der Waals surface area (Å²) in [6.07, 6.45) is 1.79. The third kappa shape index (κ3) is 4.44. The maximum absolute atomic E-state index is 13.7. The summed E-state index contributed by atoms with van der Waals surface area (Å²) in [6, 6.07) is 15.5. The molecule has 3 aromatic rings. The smallest absolute Gasteiger partial charge is 0.340 e. The number of ether oxygens (including phenoxy) is 1. The molecule has 4 rings (SSSR count). The molecule has 1 aliphatic rings. The first-order valence-corrected chi connectivity index (χ1v) is 12.0. The molecule has 1 aliphatic heterocycles. The minimum Gasteiger partial charge on any atom is -0.462 e. The van der Waals surface area contributed by atoms with E-state index >= 15 is 0 Å². The number of carbonyl (C=O) groups excluding carboxylic acids is 2. The number of carbonyl (C=O) groups is 2. The molecule has 0 saturated heterocycles. The molecule has 1 aromatic heterocycles. The van der Waals surface area contributed by atoms with Gasteiger partial charge >= 0.3 is 5.97 Å². The molecular weight excluding hydrogens is 460 g/mol. The van der Waals surface area contributed by atoms with Crippen LogP contribution in [0.3, 0.4) is 0 Å². The van der Waals surface area contributed by atoms with Crippen molar-refractivity contribution < 1.29 is 14.3 Å². The second-order valence-electron chi connectivity index (χ2n) is 8.79. The summed E-state index contributed by atoms with van der Waals surface area (Å²) >= 11 is 6.22. The summed E-state index contributed by atoms with van der Waals surface area (Å²) in [5.41, 5.74) is 7.83. The van der Waals surface area contributed by atoms with Gasteiger partial charge in [-0.15, -0.1) is 0 Å². The lowest BCUT2D eigenvalue weighted by Gasteiger charge is -2.19. The number of aryl methyl sites for hydroxylation is 3. The number of nitrogens with zero attached hydrogens (tertiary/aromatic N) is 2. The molecular formula is C29H29ClN2O3. The van der Waals surface area contributed by atoms with E-state index in [1.807, 2.05) is 76.2 Å². The fourth-order valence-electron chi connectivity index (χ4n) is 4.56. The topological polar surface area (TPSA) is 51.5 Å². The second-order valence-corrected chi connectivity index (χ2v) is 9.23. The van der Waals surface area contributed by atoms with E-state index in [4.69, 9.17) is 16.3 Å². The zero-order valence-corrected chi connectivity index (χ0v) is 21.7. The summed E-state index contributed by atoms with van der Waals surface area (Å²) in [5.74, 6) is -0.749. The SMILES string of the molecule is CCOC(=O)C1=C(C)N(c2ccc(C)c(C)c2)C(=O)/C1=C\c1cc(C)n(-c2cccc(Cl)c2)c1C. The number of rotatable bonds is 5. The highest BCUT2D eigenvalue weighted by Crippen LogP contribution is 2.37. The quantitative estimate of drug-likeness (QED) is 0.299. The number of benzene rings is 2. The minimum atomic E-state index is -0.500. The van der Waals surface area contributed by atoms with Gasteiger partial charge in [-0.2, -0.15) is 0 Å². The molecule has 0 saturated carbocycles. The van der Waals surface area contributed by atoms with Crippen molar-refractivity contribution in [3.05, 3.63) is 98.5 Å². The maximum Gasteiger partial charge on any atom is 0.340 e. The van der Waals surface area contributed by atoms with Crippen molar-refractivity contribution in [2.45, 2.75) is 41.5 Å². The van der Waals surface area contributed by atoms with Crippen molar-refractivity contribution in [2.75, 3.05) is 11.5 Å². The van der Waals surface area contributed by atoms with Gasteiger partial charge in [0.1, 0.15) is 0 Å². The van der Waals surface area contributed by atoms with Gasteiger partial charge in [-0.05, 0) is 101 Å². The van der Waals surface area contributed by atoms with Gasteiger partial charge < -0.3 is 9.30 Å². The monoisotopic (exact) mass is 488 g/mol. The average molecular weight is 489 g/mol. The van der Waals surface area contributed by atoms with Crippen LogP contribution in [0, 0.1) is 27.7 Å². The van der Waals surface area contributed by atoms with E-state index < -0.39 is 5.97 Å². The van der Waals surface area contributed by atoms with Gasteiger partial charge in [0.15, 0.2) is 0 Å². The molecule has 0 radical (unpaired) electrons. The number of allylic oxidation sites excluding steroid dienone is 1. The molecule has 0 bridgehead atoms. The van der Waals surface area contributed by atoms with Crippen molar-refractivity contribution >= 4 is 35.2 Å². The molecule has 0 unspecified atom stereocenters. The number of hydrogen-bond acceptors (Lipinski definition) is 3. The van der Waals surface area contributed by atoms with Crippen LogP contribution >= 0.6 is 11.6 Å². The number of amides is 1. The number of anilines is 1. The molecule has 2 aromatic carbocycles. The zero-order valence-electron chi connectivity index (χ0n) is 20.9. The van der Waals surface area contributed by atoms with Crippen LogP contribution in [0.25, 0.3) is 11.8 Å². The number of aromatic nitrogens is 1. The molecule has 5 nitrogen and oxygen atoms in total. The van der Waals surface area contributed by atoms with Crippen LogP contribution in [0.5, 0.6) is 0 Å². The molecule has 6 heteroatoms. The lowest BCUT2D eigenvalue weighted by Crippen LogP contribution is -2.24. The normalized spacial score (nSPS) is 14.9. The van der Waals surface area contributed by atoms with Gasteiger partial charge in [-0.25, -0.2) is 4.79 Å². The Morgan fingerprint density at radius 3 is 2.37 bits per heavy atom. The van der Waals surface area contributed by atoms with E-state index in [0.717, 1.165) is 39.5 Å². The van der Waals surface area contributed by atoms with Gasteiger partial charge in [-0.1, -0.05) is 23.7 Å². The maximum atomic E-state index is 13.7. The lowest BCUT2D eigenvalue weighted by molar-refractivity contribution is -0.138. The Balaban J connectivity index is 1.86. The summed E-state index contributed by atoms with van der Waals surface area (Å²) in [5, 5.41) is 0.646. The highest BCUT2D eigenvalue weighted by Gasteiger charge is 2.38. The second kappa shape index (κ2) is 9.59. The highest BCUT2D eigenvalue weighted by atomic mass is 35.5. The van der Waals surface area contributed by atoms with Crippen molar-refractivity contribution in [1.29, 1.82) is 0 Å². The number of halogens is 1.